The molecule has 130 valence electrons. The number of aliphatic hydroxyl groups is 2. The Bertz CT molecular complexity index is 755. The number of nitrogens with two attached hydrogens (primary N) is 1. The summed E-state index contributed by atoms with van der Waals surface area (Å²) in [5, 5.41) is 23.3. The molecule has 9 heteroatoms. The summed E-state index contributed by atoms with van der Waals surface area (Å²) in [6.45, 7) is 1.64. The highest BCUT2D eigenvalue weighted by molar-refractivity contribution is 5.84. The first kappa shape index (κ1) is 15.6. The molecule has 0 bridgehead atoms. The summed E-state index contributed by atoms with van der Waals surface area (Å²) in [6.07, 6.45) is 3.50. The summed E-state index contributed by atoms with van der Waals surface area (Å²) >= 11 is 0. The number of imidazole rings is 1. The maximum absolute atomic E-state index is 10.3. The van der Waals surface area contributed by atoms with Crippen molar-refractivity contribution >= 4 is 22.9 Å². The van der Waals surface area contributed by atoms with Crippen molar-refractivity contribution in [2.24, 2.45) is 0 Å². The van der Waals surface area contributed by atoms with Crippen LogP contribution in [0.1, 0.15) is 38.8 Å². The fourth-order valence-corrected chi connectivity index (χ4v) is 3.21. The monoisotopic (exact) mass is 334 g/mol. The number of anilines is 2. The molecular formula is C15H22N6O3. The highest BCUT2D eigenvalue weighted by Crippen LogP contribution is 2.40. The molecule has 9 nitrogen and oxygen atoms in total. The molecule has 2 aromatic heterocycles. The van der Waals surface area contributed by atoms with E-state index < -0.39 is 17.9 Å². The Kier molecular flexibility index (Phi) is 3.59. The van der Waals surface area contributed by atoms with Crippen molar-refractivity contribution in [1.82, 2.24) is 19.5 Å². The van der Waals surface area contributed by atoms with Crippen LogP contribution in [0.3, 0.4) is 0 Å². The zero-order valence-corrected chi connectivity index (χ0v) is 13.5. The Morgan fingerprint density at radius 1 is 1.46 bits per heavy atom. The second-order valence-electron chi connectivity index (χ2n) is 6.57. The number of nitrogens with one attached hydrogen (secondary N) is 1. The van der Waals surface area contributed by atoms with Crippen LogP contribution in [-0.4, -0.2) is 54.1 Å². The molecule has 2 aromatic rings. The Balaban J connectivity index is 1.71. The van der Waals surface area contributed by atoms with Crippen LogP contribution in [0.25, 0.3) is 11.2 Å². The normalized spacial score (nSPS) is 30.1. The fourth-order valence-electron chi connectivity index (χ4n) is 3.21. The van der Waals surface area contributed by atoms with Gasteiger partial charge in [-0.3, -0.25) is 4.57 Å². The molecule has 3 heterocycles. The number of aliphatic hydroxyl groups excluding tert-OH is 2. The van der Waals surface area contributed by atoms with E-state index in [9.17, 15) is 10.2 Å². The van der Waals surface area contributed by atoms with Crippen LogP contribution < -0.4 is 11.1 Å². The Morgan fingerprint density at radius 3 is 2.88 bits per heavy atom. The topological polar surface area (TPSA) is 131 Å². The Hall–Kier alpha value is -1.97. The first-order chi connectivity index (χ1) is 11.6. The first-order valence-corrected chi connectivity index (χ1v) is 8.29. The number of ether oxygens (including phenoxy) is 1. The van der Waals surface area contributed by atoms with Crippen molar-refractivity contribution in [2.75, 3.05) is 17.7 Å². The van der Waals surface area contributed by atoms with Crippen molar-refractivity contribution in [3.05, 3.63) is 6.33 Å². The molecule has 0 radical (unpaired) electrons. The largest absolute Gasteiger partial charge is 0.393 e. The van der Waals surface area contributed by atoms with E-state index in [4.69, 9.17) is 10.5 Å². The summed E-state index contributed by atoms with van der Waals surface area (Å²) in [5.74, 6) is 0.788. The van der Waals surface area contributed by atoms with Gasteiger partial charge in [0.25, 0.3) is 0 Å². The Labute approximate surface area is 138 Å². The van der Waals surface area contributed by atoms with Crippen molar-refractivity contribution in [3.63, 3.8) is 0 Å². The molecule has 0 aromatic carbocycles. The summed E-state index contributed by atoms with van der Waals surface area (Å²) in [5.41, 5.74) is 6.09. The van der Waals surface area contributed by atoms with E-state index in [0.717, 1.165) is 12.8 Å². The van der Waals surface area contributed by atoms with E-state index in [2.05, 4.69) is 20.3 Å². The molecule has 4 rings (SSSR count). The molecule has 1 saturated heterocycles. The number of fused-ring (bicyclic) bond motifs is 1. The standard InChI is InChI=1S/C15H22N6O3/c1-2-15(6-22)9(23)5-10(24-15)21-7-17-11-12(18-8-3-4-8)19-14(16)20-13(11)21/h7-10,22-23H,2-6H2,1H3,(H3,16,18,19,20)/t9-,10+,15+/m0/s1. The van der Waals surface area contributed by atoms with E-state index in [-0.39, 0.29) is 12.6 Å². The minimum Gasteiger partial charge on any atom is -0.393 e. The van der Waals surface area contributed by atoms with Crippen LogP contribution in [0.15, 0.2) is 6.33 Å². The van der Waals surface area contributed by atoms with Crippen LogP contribution in [0.5, 0.6) is 0 Å². The molecule has 1 saturated carbocycles. The third-order valence-corrected chi connectivity index (χ3v) is 4.94. The van der Waals surface area contributed by atoms with Gasteiger partial charge in [-0.1, -0.05) is 6.92 Å². The minimum absolute atomic E-state index is 0.162. The van der Waals surface area contributed by atoms with E-state index in [1.54, 1.807) is 10.9 Å². The van der Waals surface area contributed by atoms with Gasteiger partial charge >= 0.3 is 0 Å². The lowest BCUT2D eigenvalue weighted by Crippen LogP contribution is -2.42. The fraction of sp³-hybridized carbons (Fsp3) is 0.667. The molecule has 0 unspecified atom stereocenters. The molecule has 2 fully saturated rings. The SMILES string of the molecule is CC[C@]1(CO)O[C@@H](n2cnc3c(NC4CC4)nc(N)nc32)C[C@@H]1O. The van der Waals surface area contributed by atoms with Gasteiger partial charge in [-0.05, 0) is 19.3 Å². The number of nitrogen functional groups attached to an aromatic ring is 1. The average molecular weight is 334 g/mol. The lowest BCUT2D eigenvalue weighted by atomic mass is 9.95. The van der Waals surface area contributed by atoms with Gasteiger partial charge in [-0.2, -0.15) is 9.97 Å². The van der Waals surface area contributed by atoms with Gasteiger partial charge in [0.15, 0.2) is 17.0 Å². The minimum atomic E-state index is -0.949. The number of rotatable bonds is 5. The summed E-state index contributed by atoms with van der Waals surface area (Å²) in [7, 11) is 0. The van der Waals surface area contributed by atoms with Gasteiger partial charge in [-0.15, -0.1) is 0 Å². The van der Waals surface area contributed by atoms with Gasteiger partial charge < -0.3 is 26.0 Å². The summed E-state index contributed by atoms with van der Waals surface area (Å²) < 4.78 is 7.74. The molecule has 0 amide bonds. The lowest BCUT2D eigenvalue weighted by molar-refractivity contribution is -0.128. The van der Waals surface area contributed by atoms with Gasteiger partial charge in [0.1, 0.15) is 11.8 Å². The van der Waals surface area contributed by atoms with Crippen LogP contribution in [-0.2, 0) is 4.74 Å². The van der Waals surface area contributed by atoms with Crippen LogP contribution >= 0.6 is 0 Å². The lowest BCUT2D eigenvalue weighted by Gasteiger charge is -2.28. The Morgan fingerprint density at radius 2 is 2.25 bits per heavy atom. The number of nitrogens with zero attached hydrogens (tertiary/aromatic N) is 4. The molecule has 5 N–H and O–H groups in total. The maximum Gasteiger partial charge on any atom is 0.224 e. The van der Waals surface area contributed by atoms with Crippen molar-refractivity contribution in [2.45, 2.75) is 56.6 Å². The molecule has 0 spiro atoms. The van der Waals surface area contributed by atoms with E-state index in [1.165, 1.54) is 0 Å². The van der Waals surface area contributed by atoms with E-state index in [1.807, 2.05) is 6.92 Å². The predicted molar refractivity (Wildman–Crippen MR) is 87.2 cm³/mol. The maximum atomic E-state index is 10.3. The smallest absolute Gasteiger partial charge is 0.224 e. The van der Waals surface area contributed by atoms with Crippen LogP contribution in [0.2, 0.25) is 0 Å². The second-order valence-corrected chi connectivity index (χ2v) is 6.57. The van der Waals surface area contributed by atoms with Crippen molar-refractivity contribution in [3.8, 4) is 0 Å². The molecular weight excluding hydrogens is 312 g/mol. The number of hydrogen-bond acceptors (Lipinski definition) is 8. The van der Waals surface area contributed by atoms with Crippen LogP contribution in [0, 0.1) is 0 Å². The molecule has 1 aliphatic carbocycles. The highest BCUT2D eigenvalue weighted by atomic mass is 16.6. The predicted octanol–water partition coefficient (Wildman–Crippen LogP) is 0.404. The number of hydrogen-bond donors (Lipinski definition) is 4. The van der Waals surface area contributed by atoms with Crippen molar-refractivity contribution in [1.29, 1.82) is 0 Å². The first-order valence-electron chi connectivity index (χ1n) is 8.29. The second kappa shape index (κ2) is 5.54. The van der Waals surface area contributed by atoms with Gasteiger partial charge in [-0.25, -0.2) is 4.98 Å². The quantitative estimate of drug-likeness (QED) is 0.618. The molecule has 24 heavy (non-hydrogen) atoms. The third kappa shape index (κ3) is 2.40. The van der Waals surface area contributed by atoms with Gasteiger partial charge in [0.05, 0.1) is 19.0 Å². The zero-order chi connectivity index (χ0) is 16.9. The average Bonchev–Trinajstić information content (AvgIpc) is 3.17. The zero-order valence-electron chi connectivity index (χ0n) is 13.5. The third-order valence-electron chi connectivity index (χ3n) is 4.94. The van der Waals surface area contributed by atoms with Crippen LogP contribution in [0.4, 0.5) is 11.8 Å². The highest BCUT2D eigenvalue weighted by Gasteiger charge is 2.47. The van der Waals surface area contributed by atoms with Gasteiger partial charge in [0, 0.05) is 12.5 Å². The molecule has 2 aliphatic rings. The molecule has 3 atom stereocenters. The van der Waals surface area contributed by atoms with Crippen molar-refractivity contribution < 1.29 is 14.9 Å². The van der Waals surface area contributed by atoms with Gasteiger partial charge in [0.2, 0.25) is 5.95 Å². The van der Waals surface area contributed by atoms with E-state index >= 15 is 0 Å². The van der Waals surface area contributed by atoms with E-state index in [0.29, 0.717) is 35.9 Å². The summed E-state index contributed by atoms with van der Waals surface area (Å²) in [6, 6.07) is 0.416. The number of aromatic nitrogens is 4. The summed E-state index contributed by atoms with van der Waals surface area (Å²) in [4.78, 5) is 12.9. The molecule has 1 aliphatic heterocycles.